The zero-order valence-electron chi connectivity index (χ0n) is 18.1. The second-order valence-corrected chi connectivity index (χ2v) is 6.61. The first-order valence-corrected chi connectivity index (χ1v) is 10.4. The molecule has 0 saturated heterocycles. The van der Waals surface area contributed by atoms with Gasteiger partial charge in [-0.15, -0.1) is 0 Å². The maximum atomic E-state index is 12.3. The summed E-state index contributed by atoms with van der Waals surface area (Å²) in [6, 6.07) is 6.59. The molecule has 2 aromatic heterocycles. The topological polar surface area (TPSA) is 84.4 Å². The van der Waals surface area contributed by atoms with Crippen LogP contribution < -0.4 is 19.8 Å². The molecular weight excluding hydrogens is 384 g/mol. The number of alkyl carbamates (subject to hydrolysis) is 2. The lowest BCUT2D eigenvalue weighted by Crippen LogP contribution is -2.42. The summed E-state index contributed by atoms with van der Waals surface area (Å²) in [7, 11) is 0. The van der Waals surface area contributed by atoms with Gasteiger partial charge in [0.1, 0.15) is 13.1 Å². The predicted octanol–water partition coefficient (Wildman–Crippen LogP) is 2.58. The van der Waals surface area contributed by atoms with E-state index in [4.69, 9.17) is 9.47 Å². The Labute approximate surface area is 177 Å². The van der Waals surface area contributed by atoms with E-state index < -0.39 is 24.3 Å². The highest BCUT2D eigenvalue weighted by Crippen LogP contribution is 2.28. The lowest BCUT2D eigenvalue weighted by Gasteiger charge is -2.28. The summed E-state index contributed by atoms with van der Waals surface area (Å²) in [6.45, 7) is 9.75. The summed E-state index contributed by atoms with van der Waals surface area (Å²) >= 11 is 0. The SMILES string of the molecule is CCOC(=O)NC(c1cc[n+](CC)cc1)C(NC(=O)OCC)c1cc[n+](CC)cc1. The van der Waals surface area contributed by atoms with Crippen LogP contribution in [0.3, 0.4) is 0 Å². The quantitative estimate of drug-likeness (QED) is 0.616. The van der Waals surface area contributed by atoms with Crippen LogP contribution in [0.1, 0.15) is 50.9 Å². The Morgan fingerprint density at radius 1 is 0.733 bits per heavy atom. The van der Waals surface area contributed by atoms with Gasteiger partial charge in [-0.05, 0) is 38.8 Å². The molecule has 0 bridgehead atoms. The van der Waals surface area contributed by atoms with Crippen molar-refractivity contribution in [1.82, 2.24) is 10.6 Å². The maximum absolute atomic E-state index is 12.3. The van der Waals surface area contributed by atoms with E-state index in [9.17, 15) is 9.59 Å². The fourth-order valence-electron chi connectivity index (χ4n) is 3.09. The molecule has 0 spiro atoms. The van der Waals surface area contributed by atoms with Crippen molar-refractivity contribution in [3.8, 4) is 0 Å². The number of carbonyl (C=O) groups excluding carboxylic acids is 2. The molecule has 8 heteroatoms. The van der Waals surface area contributed by atoms with Gasteiger partial charge in [-0.25, -0.2) is 18.7 Å². The first-order chi connectivity index (χ1) is 14.5. The number of nitrogens with zero attached hydrogens (tertiary/aromatic N) is 2. The third kappa shape index (κ3) is 6.43. The number of hydrogen-bond acceptors (Lipinski definition) is 4. The molecule has 2 amide bonds. The zero-order chi connectivity index (χ0) is 21.9. The highest BCUT2D eigenvalue weighted by Gasteiger charge is 2.30. The number of rotatable bonds is 9. The molecule has 2 rings (SSSR count). The predicted molar refractivity (Wildman–Crippen MR) is 110 cm³/mol. The molecule has 162 valence electrons. The van der Waals surface area contributed by atoms with Crippen LogP contribution in [0, 0.1) is 0 Å². The Bertz CT molecular complexity index is 739. The van der Waals surface area contributed by atoms with Gasteiger partial charge in [-0.3, -0.25) is 0 Å². The van der Waals surface area contributed by atoms with E-state index in [1.54, 1.807) is 13.8 Å². The standard InChI is InChI=1S/C22H30N4O4/c1-5-25-13-9-17(10-14-25)19(23-21(27)29-7-3)20(24-22(28)30-8-4)18-11-15-26(6-2)16-12-18/h9-16,19-20H,5-8H2,1-4H3/p+2. The van der Waals surface area contributed by atoms with E-state index in [-0.39, 0.29) is 13.2 Å². The lowest BCUT2D eigenvalue weighted by molar-refractivity contribution is -0.693. The van der Waals surface area contributed by atoms with Crippen LogP contribution in [0.25, 0.3) is 0 Å². The van der Waals surface area contributed by atoms with Crippen molar-refractivity contribution in [2.45, 2.75) is 52.9 Å². The van der Waals surface area contributed by atoms with Crippen molar-refractivity contribution >= 4 is 12.2 Å². The van der Waals surface area contributed by atoms with Gasteiger partial charge in [0.15, 0.2) is 24.8 Å². The first-order valence-electron chi connectivity index (χ1n) is 10.4. The normalized spacial score (nSPS) is 12.5. The molecule has 2 aromatic rings. The van der Waals surface area contributed by atoms with Gasteiger partial charge in [-0.2, -0.15) is 0 Å². The number of ether oxygens (including phenoxy) is 2. The average molecular weight is 417 g/mol. The first kappa shape index (κ1) is 23.1. The molecule has 0 aliphatic rings. The lowest BCUT2D eigenvalue weighted by atomic mass is 9.94. The van der Waals surface area contributed by atoms with E-state index in [2.05, 4.69) is 10.6 Å². The van der Waals surface area contributed by atoms with Gasteiger partial charge < -0.3 is 20.1 Å². The van der Waals surface area contributed by atoms with Crippen molar-refractivity contribution in [3.63, 3.8) is 0 Å². The number of hydrogen-bond donors (Lipinski definition) is 2. The fourth-order valence-corrected chi connectivity index (χ4v) is 3.09. The van der Waals surface area contributed by atoms with Gasteiger partial charge in [0.05, 0.1) is 25.3 Å². The molecule has 0 aliphatic carbocycles. The molecule has 0 aliphatic heterocycles. The second-order valence-electron chi connectivity index (χ2n) is 6.61. The van der Waals surface area contributed by atoms with E-state index in [0.717, 1.165) is 24.2 Å². The molecule has 0 fully saturated rings. The number of pyridine rings is 2. The van der Waals surface area contributed by atoms with Gasteiger partial charge >= 0.3 is 12.2 Å². The molecule has 0 radical (unpaired) electrons. The number of amides is 2. The molecule has 0 aromatic carbocycles. The third-order valence-corrected chi connectivity index (χ3v) is 4.71. The summed E-state index contributed by atoms with van der Waals surface area (Å²) < 4.78 is 14.3. The van der Waals surface area contributed by atoms with Crippen LogP contribution in [-0.2, 0) is 22.6 Å². The highest BCUT2D eigenvalue weighted by atomic mass is 16.6. The zero-order valence-corrected chi connectivity index (χ0v) is 18.1. The molecule has 2 heterocycles. The Kier molecular flexibility index (Phi) is 9.05. The van der Waals surface area contributed by atoms with Gasteiger partial charge in [0.2, 0.25) is 0 Å². The number of nitrogens with one attached hydrogen (secondary N) is 2. The van der Waals surface area contributed by atoms with Crippen molar-refractivity contribution < 1.29 is 28.2 Å². The number of aryl methyl sites for hydroxylation is 2. The minimum Gasteiger partial charge on any atom is -0.450 e. The summed E-state index contributed by atoms with van der Waals surface area (Å²) in [6.07, 6.45) is 6.65. The maximum Gasteiger partial charge on any atom is 0.407 e. The average Bonchev–Trinajstić information content (AvgIpc) is 2.77. The monoisotopic (exact) mass is 416 g/mol. The van der Waals surface area contributed by atoms with Crippen LogP contribution >= 0.6 is 0 Å². The van der Waals surface area contributed by atoms with Crippen LogP contribution in [0.5, 0.6) is 0 Å². The van der Waals surface area contributed by atoms with Crippen molar-refractivity contribution in [3.05, 3.63) is 60.2 Å². The molecule has 2 atom stereocenters. The van der Waals surface area contributed by atoms with E-state index in [1.165, 1.54) is 0 Å². The smallest absolute Gasteiger partial charge is 0.407 e. The van der Waals surface area contributed by atoms with Crippen LogP contribution in [-0.4, -0.2) is 25.4 Å². The second kappa shape index (κ2) is 11.7. The third-order valence-electron chi connectivity index (χ3n) is 4.71. The Morgan fingerprint density at radius 3 is 1.33 bits per heavy atom. The molecule has 2 unspecified atom stereocenters. The molecule has 2 N–H and O–H groups in total. The van der Waals surface area contributed by atoms with Crippen LogP contribution in [0.2, 0.25) is 0 Å². The largest absolute Gasteiger partial charge is 0.450 e. The minimum absolute atomic E-state index is 0.251. The van der Waals surface area contributed by atoms with E-state index in [1.807, 2.05) is 72.0 Å². The van der Waals surface area contributed by atoms with E-state index >= 15 is 0 Å². The Morgan fingerprint density at radius 2 is 1.07 bits per heavy atom. The summed E-state index contributed by atoms with van der Waals surface area (Å²) in [4.78, 5) is 24.6. The molecular formula is C22H32N4O4+2. The Hall–Kier alpha value is -3.16. The summed E-state index contributed by atoms with van der Waals surface area (Å²) in [5.41, 5.74) is 1.67. The molecule has 30 heavy (non-hydrogen) atoms. The van der Waals surface area contributed by atoms with Crippen LogP contribution in [0.4, 0.5) is 9.59 Å². The summed E-state index contributed by atoms with van der Waals surface area (Å²) in [5, 5.41) is 5.80. The molecule has 8 nitrogen and oxygen atoms in total. The minimum atomic E-state index is -0.558. The van der Waals surface area contributed by atoms with Gasteiger partial charge in [0.25, 0.3) is 0 Å². The highest BCUT2D eigenvalue weighted by molar-refractivity contribution is 5.70. The number of carbonyl (C=O) groups is 2. The fraction of sp³-hybridized carbons (Fsp3) is 0.455. The van der Waals surface area contributed by atoms with E-state index in [0.29, 0.717) is 0 Å². The van der Waals surface area contributed by atoms with Crippen molar-refractivity contribution in [1.29, 1.82) is 0 Å². The summed E-state index contributed by atoms with van der Waals surface area (Å²) in [5.74, 6) is 0. The van der Waals surface area contributed by atoms with Crippen LogP contribution in [0.15, 0.2) is 49.1 Å². The van der Waals surface area contributed by atoms with Gasteiger partial charge in [-0.1, -0.05) is 0 Å². The van der Waals surface area contributed by atoms with Crippen molar-refractivity contribution in [2.24, 2.45) is 0 Å². The Balaban J connectivity index is 2.46. The van der Waals surface area contributed by atoms with Gasteiger partial charge in [0, 0.05) is 24.3 Å². The number of aromatic nitrogens is 2. The molecule has 0 saturated carbocycles. The van der Waals surface area contributed by atoms with Crippen molar-refractivity contribution in [2.75, 3.05) is 13.2 Å².